The Balaban J connectivity index is 0. The summed E-state index contributed by atoms with van der Waals surface area (Å²) in [4.78, 5) is 0. The van der Waals surface area contributed by atoms with Crippen LogP contribution in [0, 0.1) is 0 Å². The van der Waals surface area contributed by atoms with E-state index in [0.29, 0.717) is 0 Å². The van der Waals surface area contributed by atoms with Crippen molar-refractivity contribution < 1.29 is 0 Å². The molecule has 0 fully saturated rings. The molecule has 0 aromatic rings. The van der Waals surface area contributed by atoms with Crippen LogP contribution in [0.4, 0.5) is 0 Å². The van der Waals surface area contributed by atoms with Crippen LogP contribution in [0.3, 0.4) is 0 Å². The van der Waals surface area contributed by atoms with Crippen LogP contribution in [0.2, 0.25) is 0 Å². The van der Waals surface area contributed by atoms with E-state index >= 15 is 0 Å². The normalized spacial score (nSPS) is 0. The SMILES string of the molecule is N.N.N.N.N.N.N.N.N.N.N.N.N.N.N.N.N.N.N. The first-order valence-corrected chi connectivity index (χ1v) is 0. The molecule has 0 aromatic heterocycles. The molecule has 0 spiro atoms. The Morgan fingerprint density at radius 2 is 0.0526 bits per heavy atom. The lowest BCUT2D eigenvalue weighted by Gasteiger charge is -0.345. The molecule has 0 aliphatic carbocycles. The van der Waals surface area contributed by atoms with Gasteiger partial charge in [0.1, 0.15) is 0 Å². The zero-order valence-electron chi connectivity index (χ0n) is 13.4. The second kappa shape index (κ2) is 7870. The van der Waals surface area contributed by atoms with Gasteiger partial charge in [-0.05, 0) is 0 Å². The second-order valence-corrected chi connectivity index (χ2v) is 0. The van der Waals surface area contributed by atoms with E-state index in [9.17, 15) is 0 Å². The topological polar surface area (TPSA) is 665 Å². The molecule has 0 aliphatic rings. The van der Waals surface area contributed by atoms with E-state index in [2.05, 4.69) is 0 Å². The Morgan fingerprint density at radius 1 is 0.0526 bits per heavy atom. The van der Waals surface area contributed by atoms with Crippen molar-refractivity contribution in [3.05, 3.63) is 0 Å². The summed E-state index contributed by atoms with van der Waals surface area (Å²) in [5.41, 5.74) is 0. The summed E-state index contributed by atoms with van der Waals surface area (Å²) in [5.74, 6) is 0. The summed E-state index contributed by atoms with van der Waals surface area (Å²) in [6.45, 7) is 0. The van der Waals surface area contributed by atoms with Crippen molar-refractivity contribution in [1.82, 2.24) is 117 Å². The molecule has 19 heteroatoms. The molecule has 19 heavy (non-hydrogen) atoms. The third-order valence-corrected chi connectivity index (χ3v) is 0. The van der Waals surface area contributed by atoms with Crippen LogP contribution in [-0.2, 0) is 0 Å². The molecule has 0 aliphatic heterocycles. The third-order valence-electron chi connectivity index (χ3n) is 0. The van der Waals surface area contributed by atoms with E-state index in [4.69, 9.17) is 0 Å². The third kappa shape index (κ3) is 6930. The van der Waals surface area contributed by atoms with E-state index in [1.165, 1.54) is 0 Å². The molecule has 0 unspecified atom stereocenters. The smallest absolute Gasteiger partial charge is 0.344 e. The van der Waals surface area contributed by atoms with Gasteiger partial charge in [-0.15, -0.1) is 0 Å². The van der Waals surface area contributed by atoms with Gasteiger partial charge >= 0.3 is 0 Å². The van der Waals surface area contributed by atoms with Gasteiger partial charge in [0, 0.05) is 0 Å². The van der Waals surface area contributed by atoms with Crippen LogP contribution >= 0.6 is 0 Å². The number of hydrogen-bond acceptors (Lipinski definition) is 19. The van der Waals surface area contributed by atoms with Crippen molar-refractivity contribution in [2.45, 2.75) is 0 Å². The minimum absolute atomic E-state index is 0. The quantitative estimate of drug-likeness (QED) is 0.303. The Hall–Kier alpha value is -0.760. The van der Waals surface area contributed by atoms with Crippen molar-refractivity contribution in [3.63, 3.8) is 0 Å². The van der Waals surface area contributed by atoms with Gasteiger partial charge in [0.15, 0.2) is 0 Å². The average Bonchev–Trinajstić information content (AvgIpc) is 0. The summed E-state index contributed by atoms with van der Waals surface area (Å²) in [6.07, 6.45) is 0. The standard InChI is InChI=1S/19H3N/h19*1H3. The fourth-order valence-corrected chi connectivity index (χ4v) is 0. The molecular formula is H57N19. The summed E-state index contributed by atoms with van der Waals surface area (Å²) < 4.78 is 0. The van der Waals surface area contributed by atoms with E-state index in [0.717, 1.165) is 0 Å². The predicted molar refractivity (Wildman–Crippen MR) is 95.4 cm³/mol. The van der Waals surface area contributed by atoms with Gasteiger partial charge in [0.2, 0.25) is 0 Å². The first-order valence-electron chi connectivity index (χ1n) is 0. The zero-order chi connectivity index (χ0) is 0. The van der Waals surface area contributed by atoms with Gasteiger partial charge in [0.25, 0.3) is 0 Å². The first kappa shape index (κ1) is 9390. The highest BCUT2D eigenvalue weighted by Gasteiger charge is -0.326. The largest absolute Gasteiger partial charge is 0.344 e. The maximum Gasteiger partial charge on any atom is -0.344 e. The molecule has 19 nitrogen and oxygen atoms in total. The summed E-state index contributed by atoms with van der Waals surface area (Å²) in [6, 6.07) is 0. The average molecular weight is 324 g/mol. The maximum absolute atomic E-state index is 0. The zero-order valence-corrected chi connectivity index (χ0v) is 13.4. The summed E-state index contributed by atoms with van der Waals surface area (Å²) in [7, 11) is 0. The molecular weight excluding hydrogens is 266 g/mol. The molecule has 0 bridgehead atoms. The predicted octanol–water partition coefficient (Wildman–Crippen LogP) is 3.08. The molecule has 57 N–H and O–H groups in total. The lowest BCUT2D eigenvalue weighted by molar-refractivity contribution is 2.13. The van der Waals surface area contributed by atoms with E-state index in [-0.39, 0.29) is 117 Å². The highest BCUT2D eigenvalue weighted by molar-refractivity contribution is 2.15. The first-order chi connectivity index (χ1) is 0. The van der Waals surface area contributed by atoms with Gasteiger partial charge in [-0.2, -0.15) is 0 Å². The Bertz CT molecular complexity index is 0. The summed E-state index contributed by atoms with van der Waals surface area (Å²) in [5, 5.41) is 0. The van der Waals surface area contributed by atoms with Crippen molar-refractivity contribution >= 4 is 0 Å². The lowest BCUT2D eigenvalue weighted by atomic mass is 14.0. The maximum atomic E-state index is 0. The van der Waals surface area contributed by atoms with E-state index in [1.54, 1.807) is 0 Å². The molecule has 0 atom stereocenters. The van der Waals surface area contributed by atoms with E-state index in [1.807, 2.05) is 0 Å². The fraction of sp³-hybridized carbons (Fsp3) is 0. The summed E-state index contributed by atoms with van der Waals surface area (Å²) >= 11 is 0. The van der Waals surface area contributed by atoms with Crippen LogP contribution in [0.25, 0.3) is 0 Å². The van der Waals surface area contributed by atoms with Gasteiger partial charge in [0.05, 0.1) is 0 Å². The molecule has 152 valence electrons. The molecule has 0 rings (SSSR count). The van der Waals surface area contributed by atoms with Crippen molar-refractivity contribution in [1.29, 1.82) is 0 Å². The van der Waals surface area contributed by atoms with Crippen molar-refractivity contribution in [2.75, 3.05) is 0 Å². The molecule has 0 amide bonds. The Labute approximate surface area is 118 Å². The molecule has 0 saturated carbocycles. The number of rotatable bonds is 0. The minimum atomic E-state index is 0. The Kier molecular flexibility index (Phi) is 3890000. The minimum Gasteiger partial charge on any atom is -0.344 e. The van der Waals surface area contributed by atoms with Crippen LogP contribution in [-0.4, -0.2) is 0 Å². The van der Waals surface area contributed by atoms with Gasteiger partial charge in [-0.3, -0.25) is 0 Å². The Morgan fingerprint density at radius 3 is 0.0526 bits per heavy atom. The van der Waals surface area contributed by atoms with Crippen LogP contribution in [0.1, 0.15) is 0 Å². The molecule has 0 aromatic carbocycles. The number of hydrogen-bond donors (Lipinski definition) is 19. The lowest BCUT2D eigenvalue weighted by Crippen LogP contribution is -0.482. The van der Waals surface area contributed by atoms with Gasteiger partial charge < -0.3 is 117 Å². The highest BCUT2D eigenvalue weighted by atomic mass is 14.0. The second-order valence-electron chi connectivity index (χ2n) is 0. The van der Waals surface area contributed by atoms with Crippen LogP contribution in [0.5, 0.6) is 0 Å². The van der Waals surface area contributed by atoms with Crippen LogP contribution in [0.15, 0.2) is 0 Å². The van der Waals surface area contributed by atoms with Crippen molar-refractivity contribution in [3.8, 4) is 0 Å². The highest BCUT2D eigenvalue weighted by Crippen LogP contribution is -0.463. The molecule has 0 radical (unpaired) electrons. The fourth-order valence-electron chi connectivity index (χ4n) is 0. The monoisotopic (exact) mass is 324 g/mol. The molecule has 0 saturated heterocycles. The molecule has 0 heterocycles. The van der Waals surface area contributed by atoms with Gasteiger partial charge in [-0.1, -0.05) is 0 Å². The van der Waals surface area contributed by atoms with Gasteiger partial charge in [-0.25, -0.2) is 0 Å². The van der Waals surface area contributed by atoms with Crippen molar-refractivity contribution in [2.24, 2.45) is 0 Å². The van der Waals surface area contributed by atoms with E-state index < -0.39 is 0 Å². The van der Waals surface area contributed by atoms with Crippen LogP contribution < -0.4 is 117 Å².